The van der Waals surface area contributed by atoms with Crippen LogP contribution in [-0.2, 0) is 4.74 Å². The number of pyridine rings is 1. The molecule has 2 aliphatic heterocycles. The number of anilines is 1. The second kappa shape index (κ2) is 5.27. The maximum Gasteiger partial charge on any atom is 0.128 e. The van der Waals surface area contributed by atoms with Crippen LogP contribution in [0.1, 0.15) is 5.69 Å². The predicted octanol–water partition coefficient (Wildman–Crippen LogP) is 1.81. The minimum absolute atomic E-state index is 0.449. The minimum atomic E-state index is 0.449. The summed E-state index contributed by atoms with van der Waals surface area (Å²) in [4.78, 5) is 9.42. The normalized spacial score (nSPS) is 28.3. The smallest absolute Gasteiger partial charge is 0.128 e. The predicted molar refractivity (Wildman–Crippen MR) is 76.9 cm³/mol. The fourth-order valence-corrected chi connectivity index (χ4v) is 3.05. The Balaban J connectivity index is 1.86. The second-order valence-electron chi connectivity index (χ2n) is 5.64. The van der Waals surface area contributed by atoms with Gasteiger partial charge in [0.15, 0.2) is 0 Å². The van der Waals surface area contributed by atoms with E-state index in [1.807, 2.05) is 19.1 Å². The Kier molecular flexibility index (Phi) is 3.65. The zero-order valence-corrected chi connectivity index (χ0v) is 12.2. The first-order chi connectivity index (χ1) is 9.13. The van der Waals surface area contributed by atoms with Crippen LogP contribution >= 0.6 is 11.6 Å². The summed E-state index contributed by atoms with van der Waals surface area (Å²) in [5.41, 5.74) is 0.901. The zero-order chi connectivity index (χ0) is 13.4. The van der Waals surface area contributed by atoms with E-state index in [0.29, 0.717) is 12.0 Å². The number of aryl methyl sites for hydroxylation is 1. The fourth-order valence-electron chi connectivity index (χ4n) is 2.94. The monoisotopic (exact) mass is 281 g/mol. The lowest BCUT2D eigenvalue weighted by atomic mass is 10.1. The molecule has 19 heavy (non-hydrogen) atoms. The Bertz CT molecular complexity index is 468. The topological polar surface area (TPSA) is 28.6 Å². The number of likely N-dealkylation sites (N-methyl/N-ethyl adjacent to an activating group) is 1. The number of hydrogen-bond donors (Lipinski definition) is 0. The highest BCUT2D eigenvalue weighted by Crippen LogP contribution is 2.24. The number of nitrogens with zero attached hydrogens (tertiary/aromatic N) is 3. The van der Waals surface area contributed by atoms with Crippen LogP contribution in [-0.4, -0.2) is 55.8 Å². The highest BCUT2D eigenvalue weighted by Gasteiger charge is 2.31. The van der Waals surface area contributed by atoms with Crippen LogP contribution < -0.4 is 4.90 Å². The third kappa shape index (κ3) is 2.71. The number of rotatable bonds is 1. The van der Waals surface area contributed by atoms with Crippen molar-refractivity contribution in [2.24, 2.45) is 5.92 Å². The van der Waals surface area contributed by atoms with E-state index in [1.165, 1.54) is 0 Å². The summed E-state index contributed by atoms with van der Waals surface area (Å²) in [6, 6.07) is 4.42. The van der Waals surface area contributed by atoms with Crippen LogP contribution in [0.5, 0.6) is 0 Å². The first-order valence-electron chi connectivity index (χ1n) is 6.79. The van der Waals surface area contributed by atoms with Crippen molar-refractivity contribution < 1.29 is 4.74 Å². The molecule has 0 unspecified atom stereocenters. The van der Waals surface area contributed by atoms with E-state index in [9.17, 15) is 0 Å². The van der Waals surface area contributed by atoms with Crippen molar-refractivity contribution in [2.45, 2.75) is 13.0 Å². The number of ether oxygens (including phenoxy) is 1. The van der Waals surface area contributed by atoms with Crippen LogP contribution in [0.3, 0.4) is 0 Å². The van der Waals surface area contributed by atoms with Gasteiger partial charge >= 0.3 is 0 Å². The molecular weight excluding hydrogens is 262 g/mol. The number of halogens is 1. The van der Waals surface area contributed by atoms with Crippen LogP contribution in [0, 0.1) is 12.8 Å². The van der Waals surface area contributed by atoms with Crippen LogP contribution in [0.2, 0.25) is 5.02 Å². The van der Waals surface area contributed by atoms with Crippen molar-refractivity contribution in [2.75, 3.05) is 44.8 Å². The second-order valence-corrected chi connectivity index (χ2v) is 6.05. The van der Waals surface area contributed by atoms with E-state index >= 15 is 0 Å². The molecule has 0 aliphatic carbocycles. The van der Waals surface area contributed by atoms with Gasteiger partial charge < -0.3 is 9.64 Å². The van der Waals surface area contributed by atoms with Gasteiger partial charge in [-0.3, -0.25) is 4.90 Å². The average Bonchev–Trinajstić information content (AvgIpc) is 2.61. The van der Waals surface area contributed by atoms with E-state index < -0.39 is 0 Å². The quantitative estimate of drug-likeness (QED) is 0.785. The Hall–Kier alpha value is -0.840. The van der Waals surface area contributed by atoms with Crippen molar-refractivity contribution in [3.8, 4) is 0 Å². The molecule has 1 aromatic rings. The summed E-state index contributed by atoms with van der Waals surface area (Å²) in [6.45, 7) is 6.71. The summed E-state index contributed by atoms with van der Waals surface area (Å²) in [6.07, 6.45) is 0. The van der Waals surface area contributed by atoms with E-state index in [4.69, 9.17) is 16.3 Å². The van der Waals surface area contributed by atoms with Crippen LogP contribution in [0.15, 0.2) is 12.1 Å². The van der Waals surface area contributed by atoms with Gasteiger partial charge in [-0.2, -0.15) is 0 Å². The summed E-state index contributed by atoms with van der Waals surface area (Å²) in [5, 5.41) is 0.735. The fraction of sp³-hybridized carbons (Fsp3) is 0.643. The molecule has 2 fully saturated rings. The Labute approximate surface area is 119 Å². The lowest BCUT2D eigenvalue weighted by Crippen LogP contribution is -2.42. The largest absolute Gasteiger partial charge is 0.379 e. The van der Waals surface area contributed by atoms with E-state index in [1.54, 1.807) is 0 Å². The summed E-state index contributed by atoms with van der Waals surface area (Å²) in [7, 11) is 2.19. The van der Waals surface area contributed by atoms with Gasteiger partial charge in [-0.25, -0.2) is 4.98 Å². The third-order valence-electron chi connectivity index (χ3n) is 4.07. The van der Waals surface area contributed by atoms with Gasteiger partial charge in [0, 0.05) is 25.6 Å². The summed E-state index contributed by atoms with van der Waals surface area (Å²) in [5.74, 6) is 1.59. The molecule has 2 aliphatic rings. The molecule has 2 saturated heterocycles. The number of hydrogen-bond acceptors (Lipinski definition) is 4. The van der Waals surface area contributed by atoms with Gasteiger partial charge in [0.25, 0.3) is 0 Å². The van der Waals surface area contributed by atoms with Crippen molar-refractivity contribution >= 4 is 17.4 Å². The van der Waals surface area contributed by atoms with Crippen LogP contribution in [0.4, 0.5) is 5.82 Å². The molecule has 2 atom stereocenters. The Morgan fingerprint density at radius 3 is 2.89 bits per heavy atom. The molecule has 2 bridgehead atoms. The van der Waals surface area contributed by atoms with Gasteiger partial charge in [0.1, 0.15) is 5.82 Å². The van der Waals surface area contributed by atoms with Crippen molar-refractivity contribution in [1.82, 2.24) is 9.88 Å². The lowest BCUT2D eigenvalue weighted by Gasteiger charge is -2.30. The highest BCUT2D eigenvalue weighted by atomic mass is 35.5. The van der Waals surface area contributed by atoms with Crippen LogP contribution in [0.25, 0.3) is 0 Å². The number of aromatic nitrogens is 1. The highest BCUT2D eigenvalue weighted by molar-refractivity contribution is 6.31. The maximum atomic E-state index is 6.06. The van der Waals surface area contributed by atoms with E-state index in [2.05, 4.69) is 21.8 Å². The first kappa shape index (κ1) is 13.2. The van der Waals surface area contributed by atoms with Gasteiger partial charge in [-0.15, -0.1) is 0 Å². The molecule has 1 aromatic heterocycles. The van der Waals surface area contributed by atoms with E-state index in [-0.39, 0.29) is 0 Å². The molecule has 0 aromatic carbocycles. The molecular formula is C14H20ClN3O. The SMILES string of the molecule is Cc1nc(N2C[C@@H]3COC[C@H](C2)N(C)C3)ccc1Cl. The molecule has 5 heteroatoms. The first-order valence-corrected chi connectivity index (χ1v) is 7.17. The molecule has 0 radical (unpaired) electrons. The van der Waals surface area contributed by atoms with Gasteiger partial charge in [0.05, 0.1) is 30.0 Å². The van der Waals surface area contributed by atoms with Gasteiger partial charge in [0.2, 0.25) is 0 Å². The van der Waals surface area contributed by atoms with Crippen molar-refractivity contribution in [3.05, 3.63) is 22.8 Å². The Morgan fingerprint density at radius 2 is 2.11 bits per heavy atom. The molecule has 4 nitrogen and oxygen atoms in total. The van der Waals surface area contributed by atoms with Gasteiger partial charge in [-0.1, -0.05) is 11.6 Å². The Morgan fingerprint density at radius 1 is 1.26 bits per heavy atom. The minimum Gasteiger partial charge on any atom is -0.379 e. The average molecular weight is 282 g/mol. The zero-order valence-electron chi connectivity index (χ0n) is 11.5. The van der Waals surface area contributed by atoms with E-state index in [0.717, 1.165) is 49.4 Å². The summed E-state index contributed by atoms with van der Waals surface area (Å²) >= 11 is 6.06. The molecule has 0 N–H and O–H groups in total. The molecule has 104 valence electrons. The summed E-state index contributed by atoms with van der Waals surface area (Å²) < 4.78 is 5.75. The molecule has 0 amide bonds. The molecule has 0 spiro atoms. The molecule has 0 saturated carbocycles. The molecule has 3 heterocycles. The van der Waals surface area contributed by atoms with Gasteiger partial charge in [-0.05, 0) is 26.1 Å². The van der Waals surface area contributed by atoms with Crippen molar-refractivity contribution in [1.29, 1.82) is 0 Å². The third-order valence-corrected chi connectivity index (χ3v) is 4.47. The standard InChI is InChI=1S/C14H20ClN3O/c1-10-13(15)3-4-14(16-10)18-6-11-5-17(2)12(7-18)9-19-8-11/h3-4,11-12H,5-9H2,1-2H3/t11-,12+/m1/s1. The lowest BCUT2D eigenvalue weighted by molar-refractivity contribution is 0.0930. The maximum absolute atomic E-state index is 6.06. The number of fused-ring (bicyclic) bond motifs is 3. The molecule has 3 rings (SSSR count). The van der Waals surface area contributed by atoms with Crippen molar-refractivity contribution in [3.63, 3.8) is 0 Å².